The average Bonchev–Trinajstić information content (AvgIpc) is 2.64. The lowest BCUT2D eigenvalue weighted by molar-refractivity contribution is 0.297. The van der Waals surface area contributed by atoms with Crippen molar-refractivity contribution in [2.24, 2.45) is 0 Å². The molecule has 0 amide bonds. The third kappa shape index (κ3) is 3.63. The van der Waals surface area contributed by atoms with Crippen LogP contribution in [0.4, 0.5) is 0 Å². The van der Waals surface area contributed by atoms with E-state index in [0.29, 0.717) is 6.04 Å². The van der Waals surface area contributed by atoms with E-state index < -0.39 is 0 Å². The van der Waals surface area contributed by atoms with Gasteiger partial charge in [-0.1, -0.05) is 35.7 Å². The van der Waals surface area contributed by atoms with Crippen LogP contribution in [0.2, 0.25) is 0 Å². The van der Waals surface area contributed by atoms with Crippen LogP contribution in [0, 0.1) is 0 Å². The SMILES string of the molecule is CCCCC(NC)c1cc2c(cc1Br)OCCCO2. The molecule has 0 saturated heterocycles. The van der Waals surface area contributed by atoms with E-state index in [1.165, 1.54) is 18.4 Å². The molecule has 0 aliphatic carbocycles. The largest absolute Gasteiger partial charge is 0.490 e. The van der Waals surface area contributed by atoms with Gasteiger partial charge in [0.25, 0.3) is 0 Å². The Kier molecular flexibility index (Phi) is 5.52. The number of ether oxygens (including phenoxy) is 2. The van der Waals surface area contributed by atoms with Crippen molar-refractivity contribution in [3.8, 4) is 11.5 Å². The van der Waals surface area contributed by atoms with Crippen LogP contribution in [0.5, 0.6) is 11.5 Å². The number of rotatable bonds is 5. The number of halogens is 1. The first kappa shape index (κ1) is 14.7. The maximum Gasteiger partial charge on any atom is 0.162 e. The van der Waals surface area contributed by atoms with Gasteiger partial charge in [-0.3, -0.25) is 0 Å². The second kappa shape index (κ2) is 7.15. The van der Waals surface area contributed by atoms with Gasteiger partial charge in [-0.15, -0.1) is 0 Å². The van der Waals surface area contributed by atoms with Crippen LogP contribution in [0.1, 0.15) is 44.2 Å². The molecule has 1 aromatic carbocycles. The summed E-state index contributed by atoms with van der Waals surface area (Å²) < 4.78 is 12.6. The molecule has 1 aromatic rings. The quantitative estimate of drug-likeness (QED) is 0.884. The number of nitrogens with one attached hydrogen (secondary N) is 1. The van der Waals surface area contributed by atoms with Crippen molar-refractivity contribution in [3.05, 3.63) is 22.2 Å². The number of benzene rings is 1. The van der Waals surface area contributed by atoms with Crippen molar-refractivity contribution < 1.29 is 9.47 Å². The molecule has 0 saturated carbocycles. The third-order valence-electron chi connectivity index (χ3n) is 3.44. The normalized spacial score (nSPS) is 15.9. The van der Waals surface area contributed by atoms with Crippen molar-refractivity contribution in [3.63, 3.8) is 0 Å². The van der Waals surface area contributed by atoms with Gasteiger partial charge < -0.3 is 14.8 Å². The number of hydrogen-bond acceptors (Lipinski definition) is 3. The summed E-state index contributed by atoms with van der Waals surface area (Å²) in [6, 6.07) is 4.50. The monoisotopic (exact) mass is 327 g/mol. The summed E-state index contributed by atoms with van der Waals surface area (Å²) in [7, 11) is 2.01. The molecule has 1 unspecified atom stereocenters. The molecule has 0 bridgehead atoms. The second-order valence-electron chi connectivity index (χ2n) is 4.85. The van der Waals surface area contributed by atoms with Crippen molar-refractivity contribution in [2.45, 2.75) is 38.6 Å². The van der Waals surface area contributed by atoms with Gasteiger partial charge in [-0.05, 0) is 31.2 Å². The molecular formula is C15H22BrNO2. The van der Waals surface area contributed by atoms with E-state index in [-0.39, 0.29) is 0 Å². The Hall–Kier alpha value is -0.740. The summed E-state index contributed by atoms with van der Waals surface area (Å²) in [6.45, 7) is 3.67. The molecule has 106 valence electrons. The van der Waals surface area contributed by atoms with Crippen molar-refractivity contribution in [2.75, 3.05) is 20.3 Å². The molecule has 1 aliphatic heterocycles. The van der Waals surface area contributed by atoms with E-state index in [1.807, 2.05) is 13.1 Å². The third-order valence-corrected chi connectivity index (χ3v) is 4.12. The van der Waals surface area contributed by atoms with Crippen LogP contribution in [0.3, 0.4) is 0 Å². The van der Waals surface area contributed by atoms with Gasteiger partial charge in [0, 0.05) is 16.9 Å². The lowest BCUT2D eigenvalue weighted by Crippen LogP contribution is -2.17. The zero-order valence-electron chi connectivity index (χ0n) is 11.7. The Labute approximate surface area is 123 Å². The zero-order chi connectivity index (χ0) is 13.7. The van der Waals surface area contributed by atoms with Crippen LogP contribution in [-0.4, -0.2) is 20.3 Å². The van der Waals surface area contributed by atoms with E-state index in [0.717, 1.165) is 42.0 Å². The van der Waals surface area contributed by atoms with Crippen LogP contribution < -0.4 is 14.8 Å². The molecule has 0 fully saturated rings. The second-order valence-corrected chi connectivity index (χ2v) is 5.71. The fraction of sp³-hybridized carbons (Fsp3) is 0.600. The van der Waals surface area contributed by atoms with Crippen molar-refractivity contribution >= 4 is 15.9 Å². The van der Waals surface area contributed by atoms with Gasteiger partial charge in [0.05, 0.1) is 13.2 Å². The summed E-state index contributed by atoms with van der Waals surface area (Å²) in [5.74, 6) is 1.71. The Bertz CT molecular complexity index is 423. The van der Waals surface area contributed by atoms with Gasteiger partial charge in [0.2, 0.25) is 0 Å². The van der Waals surface area contributed by atoms with Crippen LogP contribution >= 0.6 is 15.9 Å². The summed E-state index contributed by atoms with van der Waals surface area (Å²) in [5.41, 5.74) is 1.25. The first-order chi connectivity index (χ1) is 9.26. The highest BCUT2D eigenvalue weighted by Gasteiger charge is 2.18. The molecule has 2 rings (SSSR count). The Morgan fingerprint density at radius 1 is 1.26 bits per heavy atom. The first-order valence-electron chi connectivity index (χ1n) is 7.02. The summed E-state index contributed by atoms with van der Waals surface area (Å²) in [4.78, 5) is 0. The predicted octanol–water partition coefficient (Wildman–Crippen LogP) is 4.06. The van der Waals surface area contributed by atoms with Crippen LogP contribution in [-0.2, 0) is 0 Å². The Morgan fingerprint density at radius 3 is 2.58 bits per heavy atom. The minimum Gasteiger partial charge on any atom is -0.490 e. The van der Waals surface area contributed by atoms with Gasteiger partial charge >= 0.3 is 0 Å². The molecule has 19 heavy (non-hydrogen) atoms. The van der Waals surface area contributed by atoms with Crippen LogP contribution in [0.25, 0.3) is 0 Å². The number of hydrogen-bond donors (Lipinski definition) is 1. The summed E-state index contributed by atoms with van der Waals surface area (Å²) >= 11 is 3.66. The fourth-order valence-electron chi connectivity index (χ4n) is 2.33. The minimum atomic E-state index is 0.353. The summed E-state index contributed by atoms with van der Waals surface area (Å²) in [5, 5.41) is 3.39. The molecular weight excluding hydrogens is 306 g/mol. The van der Waals surface area contributed by atoms with Crippen molar-refractivity contribution in [1.82, 2.24) is 5.32 Å². The van der Waals surface area contributed by atoms with Gasteiger partial charge in [0.1, 0.15) is 0 Å². The van der Waals surface area contributed by atoms with E-state index >= 15 is 0 Å². The molecule has 4 heteroatoms. The molecule has 1 N–H and O–H groups in total. The van der Waals surface area contributed by atoms with E-state index in [1.54, 1.807) is 0 Å². The number of fused-ring (bicyclic) bond motifs is 1. The highest BCUT2D eigenvalue weighted by atomic mass is 79.9. The Balaban J connectivity index is 2.26. The zero-order valence-corrected chi connectivity index (χ0v) is 13.3. The van der Waals surface area contributed by atoms with Gasteiger partial charge in [0.15, 0.2) is 11.5 Å². The van der Waals surface area contributed by atoms with E-state index in [9.17, 15) is 0 Å². The Morgan fingerprint density at radius 2 is 1.95 bits per heavy atom. The summed E-state index contributed by atoms with van der Waals surface area (Å²) in [6.07, 6.45) is 4.49. The predicted molar refractivity (Wildman–Crippen MR) is 81.1 cm³/mol. The van der Waals surface area contributed by atoms with Crippen LogP contribution in [0.15, 0.2) is 16.6 Å². The minimum absolute atomic E-state index is 0.353. The van der Waals surface area contributed by atoms with Gasteiger partial charge in [-0.25, -0.2) is 0 Å². The molecule has 3 nitrogen and oxygen atoms in total. The molecule has 0 radical (unpaired) electrons. The highest BCUT2D eigenvalue weighted by Crippen LogP contribution is 2.38. The standard InChI is InChI=1S/C15H22BrNO2/c1-3-4-6-13(17-2)11-9-14-15(10-12(11)16)19-8-5-7-18-14/h9-10,13,17H,3-8H2,1-2H3. The molecule has 1 atom stereocenters. The van der Waals surface area contributed by atoms with Gasteiger partial charge in [-0.2, -0.15) is 0 Å². The fourth-order valence-corrected chi connectivity index (χ4v) is 2.93. The first-order valence-corrected chi connectivity index (χ1v) is 7.81. The van der Waals surface area contributed by atoms with E-state index in [4.69, 9.17) is 9.47 Å². The van der Waals surface area contributed by atoms with Crippen molar-refractivity contribution in [1.29, 1.82) is 0 Å². The topological polar surface area (TPSA) is 30.5 Å². The molecule has 0 aromatic heterocycles. The molecule has 1 heterocycles. The highest BCUT2D eigenvalue weighted by molar-refractivity contribution is 9.10. The lowest BCUT2D eigenvalue weighted by Gasteiger charge is -2.20. The lowest BCUT2D eigenvalue weighted by atomic mass is 10.0. The maximum absolute atomic E-state index is 5.77. The van der Waals surface area contributed by atoms with E-state index in [2.05, 4.69) is 34.2 Å². The maximum atomic E-state index is 5.77. The average molecular weight is 328 g/mol. The molecule has 0 spiro atoms. The smallest absolute Gasteiger partial charge is 0.162 e. The molecule has 1 aliphatic rings. The number of unbranched alkanes of at least 4 members (excludes halogenated alkanes) is 1.